The lowest BCUT2D eigenvalue weighted by atomic mass is 9.68. The molecule has 0 saturated heterocycles. The van der Waals surface area contributed by atoms with Crippen LogP contribution in [0.1, 0.15) is 59.8 Å². The molecule has 0 fully saturated rings. The molecule has 1 aliphatic rings. The quantitative estimate of drug-likeness (QED) is 0.519. The van der Waals surface area contributed by atoms with Gasteiger partial charge < -0.3 is 0 Å². The predicted octanol–water partition coefficient (Wildman–Crippen LogP) is 4.56. The maximum absolute atomic E-state index is 2.45. The minimum Gasteiger partial charge on any atom is -0.0885 e. The number of rotatable bonds is 1. The highest BCUT2D eigenvalue weighted by Crippen LogP contribution is 2.43. The van der Waals surface area contributed by atoms with Crippen LogP contribution in [0.3, 0.4) is 0 Å². The molecule has 0 aromatic carbocycles. The number of hydrogen-bond acceptors (Lipinski definition) is 0. The summed E-state index contributed by atoms with van der Waals surface area (Å²) in [6, 6.07) is 0. The molecule has 1 aliphatic carbocycles. The van der Waals surface area contributed by atoms with Crippen LogP contribution in [0.5, 0.6) is 0 Å². The van der Waals surface area contributed by atoms with Crippen molar-refractivity contribution in [2.75, 3.05) is 0 Å². The maximum atomic E-state index is 2.45. The zero-order chi connectivity index (χ0) is 9.95. The second kappa shape index (κ2) is 3.86. The van der Waals surface area contributed by atoms with Gasteiger partial charge in [-0.25, -0.2) is 0 Å². The van der Waals surface area contributed by atoms with Crippen LogP contribution in [0.4, 0.5) is 0 Å². The van der Waals surface area contributed by atoms with Gasteiger partial charge in [0, 0.05) is 0 Å². The second-order valence-corrected chi connectivity index (χ2v) is 5.72. The Morgan fingerprint density at radius 1 is 1.15 bits per heavy atom. The Morgan fingerprint density at radius 3 is 2.46 bits per heavy atom. The Kier molecular flexibility index (Phi) is 3.21. The second-order valence-electron chi connectivity index (χ2n) is 5.72. The van der Waals surface area contributed by atoms with E-state index in [0.29, 0.717) is 10.8 Å². The van der Waals surface area contributed by atoms with Crippen molar-refractivity contribution in [3.8, 4) is 0 Å². The minimum absolute atomic E-state index is 0.502. The molecule has 0 aliphatic heterocycles. The van der Waals surface area contributed by atoms with E-state index < -0.39 is 0 Å². The first kappa shape index (κ1) is 10.8. The Bertz CT molecular complexity index is 188. The molecule has 0 N–H and O–H groups in total. The summed E-state index contributed by atoms with van der Waals surface area (Å²) in [5, 5.41) is 0. The average Bonchev–Trinajstić information content (AvgIpc) is 2.00. The van der Waals surface area contributed by atoms with Gasteiger partial charge in [-0.3, -0.25) is 0 Å². The molecule has 76 valence electrons. The molecule has 1 atom stereocenters. The van der Waals surface area contributed by atoms with E-state index >= 15 is 0 Å². The Labute approximate surface area is 83.4 Å². The van der Waals surface area contributed by atoms with Crippen molar-refractivity contribution >= 4 is 0 Å². The number of hydrogen-bond donors (Lipinski definition) is 0. The van der Waals surface area contributed by atoms with Crippen LogP contribution in [0.25, 0.3) is 0 Å². The van der Waals surface area contributed by atoms with E-state index in [-0.39, 0.29) is 0 Å². The van der Waals surface area contributed by atoms with Crippen LogP contribution in [0, 0.1) is 10.8 Å². The van der Waals surface area contributed by atoms with Crippen molar-refractivity contribution in [2.24, 2.45) is 10.8 Å². The van der Waals surface area contributed by atoms with Gasteiger partial charge in [-0.1, -0.05) is 46.3 Å². The molecule has 0 aromatic rings. The zero-order valence-corrected chi connectivity index (χ0v) is 9.69. The fraction of sp³-hybridized carbons (Fsp3) is 0.846. The van der Waals surface area contributed by atoms with Crippen LogP contribution < -0.4 is 0 Å². The van der Waals surface area contributed by atoms with Gasteiger partial charge in [-0.15, -0.1) is 0 Å². The summed E-state index contributed by atoms with van der Waals surface area (Å²) in [7, 11) is 0. The fourth-order valence-electron chi connectivity index (χ4n) is 2.57. The highest BCUT2D eigenvalue weighted by Gasteiger charge is 2.30. The van der Waals surface area contributed by atoms with Crippen LogP contribution >= 0.6 is 0 Å². The van der Waals surface area contributed by atoms with Crippen molar-refractivity contribution in [2.45, 2.75) is 59.8 Å². The fourth-order valence-corrected chi connectivity index (χ4v) is 2.57. The van der Waals surface area contributed by atoms with E-state index in [1.807, 2.05) is 0 Å². The standard InChI is InChI=1S/C13H24/c1-5-13(4)10-8-6-7-9-12(2,3)11-13/h6-7H,5,8-11H2,1-4H3. The highest BCUT2D eigenvalue weighted by molar-refractivity contribution is 4.94. The van der Waals surface area contributed by atoms with Crippen molar-refractivity contribution in [1.82, 2.24) is 0 Å². The summed E-state index contributed by atoms with van der Waals surface area (Å²) in [5.41, 5.74) is 1.08. The Morgan fingerprint density at radius 2 is 1.85 bits per heavy atom. The Hall–Kier alpha value is -0.260. The van der Waals surface area contributed by atoms with Crippen molar-refractivity contribution < 1.29 is 0 Å². The maximum Gasteiger partial charge on any atom is -0.0299 e. The van der Waals surface area contributed by atoms with Crippen molar-refractivity contribution in [1.29, 1.82) is 0 Å². The first-order valence-electron chi connectivity index (χ1n) is 5.62. The molecule has 0 radical (unpaired) electrons. The summed E-state index contributed by atoms with van der Waals surface area (Å²) in [4.78, 5) is 0. The highest BCUT2D eigenvalue weighted by atomic mass is 14.4. The summed E-state index contributed by atoms with van der Waals surface area (Å²) in [6.07, 6.45) is 11.3. The van der Waals surface area contributed by atoms with Crippen molar-refractivity contribution in [3.63, 3.8) is 0 Å². The zero-order valence-electron chi connectivity index (χ0n) is 9.69. The van der Waals surface area contributed by atoms with E-state index in [2.05, 4.69) is 39.8 Å². The molecule has 0 nitrogen and oxygen atoms in total. The lowest BCUT2D eigenvalue weighted by molar-refractivity contribution is 0.156. The lowest BCUT2D eigenvalue weighted by Gasteiger charge is -2.38. The molecule has 1 rings (SSSR count). The first-order valence-corrected chi connectivity index (χ1v) is 5.62. The van der Waals surface area contributed by atoms with Gasteiger partial charge in [-0.2, -0.15) is 0 Å². The molecule has 1 unspecified atom stereocenters. The first-order chi connectivity index (χ1) is 5.97. The van der Waals surface area contributed by atoms with Gasteiger partial charge in [0.15, 0.2) is 0 Å². The monoisotopic (exact) mass is 180 g/mol. The van der Waals surface area contributed by atoms with E-state index in [0.717, 1.165) is 0 Å². The SMILES string of the molecule is CCC1(C)CCC=CCC(C)(C)C1. The van der Waals surface area contributed by atoms with Crippen molar-refractivity contribution in [3.05, 3.63) is 12.2 Å². The molecule has 0 spiro atoms. The molecule has 13 heavy (non-hydrogen) atoms. The third-order valence-electron chi connectivity index (χ3n) is 3.51. The minimum atomic E-state index is 0.502. The molecular weight excluding hydrogens is 156 g/mol. The third-order valence-corrected chi connectivity index (χ3v) is 3.51. The van der Waals surface area contributed by atoms with Gasteiger partial charge in [-0.05, 0) is 36.5 Å². The predicted molar refractivity (Wildman–Crippen MR) is 59.8 cm³/mol. The van der Waals surface area contributed by atoms with E-state index in [1.165, 1.54) is 32.1 Å². The normalized spacial score (nSPS) is 33.8. The topological polar surface area (TPSA) is 0 Å². The van der Waals surface area contributed by atoms with Crippen LogP contribution in [-0.2, 0) is 0 Å². The molecule has 0 saturated carbocycles. The van der Waals surface area contributed by atoms with Crippen LogP contribution in [0.2, 0.25) is 0 Å². The van der Waals surface area contributed by atoms with Gasteiger partial charge in [0.1, 0.15) is 0 Å². The molecular formula is C13H24. The van der Waals surface area contributed by atoms with Crippen LogP contribution in [0.15, 0.2) is 12.2 Å². The third kappa shape index (κ3) is 3.17. The summed E-state index contributed by atoms with van der Waals surface area (Å²) in [5.74, 6) is 0. The van der Waals surface area contributed by atoms with E-state index in [1.54, 1.807) is 0 Å². The summed E-state index contributed by atoms with van der Waals surface area (Å²) >= 11 is 0. The van der Waals surface area contributed by atoms with Gasteiger partial charge in [0.2, 0.25) is 0 Å². The Balaban J connectivity index is 2.74. The molecule has 0 amide bonds. The molecule has 0 heteroatoms. The van der Waals surface area contributed by atoms with Gasteiger partial charge in [0.05, 0.1) is 0 Å². The summed E-state index contributed by atoms with van der Waals surface area (Å²) < 4.78 is 0. The van der Waals surface area contributed by atoms with Crippen LogP contribution in [-0.4, -0.2) is 0 Å². The molecule has 0 bridgehead atoms. The van der Waals surface area contributed by atoms with E-state index in [9.17, 15) is 0 Å². The average molecular weight is 180 g/mol. The number of allylic oxidation sites excluding steroid dienone is 2. The van der Waals surface area contributed by atoms with Gasteiger partial charge >= 0.3 is 0 Å². The molecule has 0 aromatic heterocycles. The summed E-state index contributed by atoms with van der Waals surface area (Å²) in [6.45, 7) is 9.59. The van der Waals surface area contributed by atoms with E-state index in [4.69, 9.17) is 0 Å². The van der Waals surface area contributed by atoms with Gasteiger partial charge in [0.25, 0.3) is 0 Å². The lowest BCUT2D eigenvalue weighted by Crippen LogP contribution is -2.25. The largest absolute Gasteiger partial charge is 0.0885 e. The smallest absolute Gasteiger partial charge is 0.0299 e. The molecule has 0 heterocycles.